The van der Waals surface area contributed by atoms with Crippen LogP contribution in [0, 0.1) is 0 Å². The largest absolute Gasteiger partial charge is 0.402 e. The molecule has 3 heterocycles. The van der Waals surface area contributed by atoms with E-state index in [4.69, 9.17) is 9.47 Å². The summed E-state index contributed by atoms with van der Waals surface area (Å²) < 4.78 is 11.5. The molecule has 5 nitrogen and oxygen atoms in total. The number of rotatable bonds is 3. The summed E-state index contributed by atoms with van der Waals surface area (Å²) in [5.41, 5.74) is 1.08. The summed E-state index contributed by atoms with van der Waals surface area (Å²) in [4.78, 5) is 19.8. The van der Waals surface area contributed by atoms with Crippen LogP contribution in [0.2, 0.25) is 0 Å². The quantitative estimate of drug-likeness (QED) is 0.563. The Morgan fingerprint density at radius 3 is 2.76 bits per heavy atom. The molecule has 2 aromatic rings. The summed E-state index contributed by atoms with van der Waals surface area (Å²) in [5.74, 6) is -0.0965. The molecule has 0 radical (unpaired) electrons. The van der Waals surface area contributed by atoms with Gasteiger partial charge in [0.05, 0.1) is 23.8 Å². The topological polar surface area (TPSA) is 51.1 Å². The molecular formula is C18H15BrN2O3S. The fraction of sp³-hybridized carbons (Fsp3) is 0.222. The van der Waals surface area contributed by atoms with E-state index in [9.17, 15) is 4.79 Å². The van der Waals surface area contributed by atoms with Crippen molar-refractivity contribution < 1.29 is 14.3 Å². The van der Waals surface area contributed by atoms with Crippen LogP contribution in [0.5, 0.6) is 0 Å². The summed E-state index contributed by atoms with van der Waals surface area (Å²) in [6.07, 6.45) is 1.78. The van der Waals surface area contributed by atoms with Crippen LogP contribution in [0.4, 0.5) is 5.00 Å². The maximum absolute atomic E-state index is 12.1. The van der Waals surface area contributed by atoms with Gasteiger partial charge in [0.2, 0.25) is 5.90 Å². The Morgan fingerprint density at radius 1 is 1.16 bits per heavy atom. The van der Waals surface area contributed by atoms with Crippen LogP contribution in [0.3, 0.4) is 0 Å². The second-order valence-corrected chi connectivity index (χ2v) is 7.54. The normalized spacial score (nSPS) is 19.2. The van der Waals surface area contributed by atoms with E-state index in [0.29, 0.717) is 11.6 Å². The van der Waals surface area contributed by atoms with Gasteiger partial charge in [-0.2, -0.15) is 0 Å². The smallest absolute Gasteiger partial charge is 0.363 e. The minimum absolute atomic E-state index is 0.320. The van der Waals surface area contributed by atoms with Crippen molar-refractivity contribution in [2.24, 2.45) is 4.99 Å². The van der Waals surface area contributed by atoms with Gasteiger partial charge in [-0.1, -0.05) is 12.1 Å². The fourth-order valence-electron chi connectivity index (χ4n) is 2.67. The van der Waals surface area contributed by atoms with Crippen molar-refractivity contribution in [2.75, 3.05) is 31.2 Å². The van der Waals surface area contributed by atoms with Gasteiger partial charge < -0.3 is 14.4 Å². The highest BCUT2D eigenvalue weighted by Crippen LogP contribution is 2.30. The Hall–Kier alpha value is -1.96. The molecule has 0 spiro atoms. The first-order chi connectivity index (χ1) is 12.2. The van der Waals surface area contributed by atoms with E-state index in [1.807, 2.05) is 30.3 Å². The molecule has 25 heavy (non-hydrogen) atoms. The van der Waals surface area contributed by atoms with Gasteiger partial charge in [-0.3, -0.25) is 0 Å². The number of anilines is 1. The van der Waals surface area contributed by atoms with E-state index in [2.05, 4.69) is 31.9 Å². The van der Waals surface area contributed by atoms with E-state index >= 15 is 0 Å². The molecule has 128 valence electrons. The number of ether oxygens (including phenoxy) is 2. The maximum atomic E-state index is 12.1. The molecule has 1 saturated heterocycles. The number of nitrogens with zero attached hydrogens (tertiary/aromatic N) is 2. The zero-order valence-corrected chi connectivity index (χ0v) is 15.7. The molecule has 4 rings (SSSR count). The van der Waals surface area contributed by atoms with Gasteiger partial charge in [0.25, 0.3) is 0 Å². The van der Waals surface area contributed by atoms with E-state index in [0.717, 1.165) is 41.2 Å². The van der Waals surface area contributed by atoms with Crippen LogP contribution in [0.1, 0.15) is 10.4 Å². The molecule has 2 aliphatic rings. The zero-order valence-electron chi connectivity index (χ0n) is 13.3. The van der Waals surface area contributed by atoms with Crippen LogP contribution in [-0.2, 0) is 14.3 Å². The zero-order chi connectivity index (χ0) is 17.2. The molecule has 1 fully saturated rings. The highest BCUT2D eigenvalue weighted by Gasteiger charge is 2.25. The Balaban J connectivity index is 1.58. The predicted molar refractivity (Wildman–Crippen MR) is 102 cm³/mol. The maximum Gasteiger partial charge on any atom is 0.363 e. The van der Waals surface area contributed by atoms with Crippen LogP contribution < -0.4 is 4.90 Å². The molecule has 0 bridgehead atoms. The van der Waals surface area contributed by atoms with Crippen molar-refractivity contribution in [1.29, 1.82) is 0 Å². The van der Waals surface area contributed by atoms with Crippen molar-refractivity contribution in [3.05, 3.63) is 57.0 Å². The SMILES string of the molecule is O=C1OC(c2ccccc2Br)=N/C1=C/c1ccc(N2CCOCC2)s1. The minimum Gasteiger partial charge on any atom is -0.402 e. The average Bonchev–Trinajstić information content (AvgIpc) is 3.24. The number of halogens is 1. The first-order valence-electron chi connectivity index (χ1n) is 7.91. The Morgan fingerprint density at radius 2 is 1.96 bits per heavy atom. The Bertz CT molecular complexity index is 869. The number of carbonyl (C=O) groups is 1. The second kappa shape index (κ2) is 7.11. The van der Waals surface area contributed by atoms with E-state index in [1.54, 1.807) is 17.4 Å². The number of cyclic esters (lactones) is 1. The fourth-order valence-corrected chi connectivity index (χ4v) is 4.12. The third-order valence-corrected chi connectivity index (χ3v) is 5.72. The predicted octanol–water partition coefficient (Wildman–Crippen LogP) is 3.69. The standard InChI is InChI=1S/C18H15BrN2O3S/c19-14-4-2-1-3-13(14)17-20-15(18(22)24-17)11-12-5-6-16(25-12)21-7-9-23-10-8-21/h1-6,11H,7-10H2/b15-11+. The van der Waals surface area contributed by atoms with Gasteiger partial charge in [-0.25, -0.2) is 9.79 Å². The first kappa shape index (κ1) is 16.5. The number of hydrogen-bond donors (Lipinski definition) is 0. The Labute approximate surface area is 157 Å². The number of carbonyl (C=O) groups excluding carboxylic acids is 1. The summed E-state index contributed by atoms with van der Waals surface area (Å²) >= 11 is 5.09. The van der Waals surface area contributed by atoms with Gasteiger partial charge in [0, 0.05) is 22.4 Å². The average molecular weight is 419 g/mol. The third-order valence-electron chi connectivity index (χ3n) is 3.94. The third kappa shape index (κ3) is 3.53. The highest BCUT2D eigenvalue weighted by molar-refractivity contribution is 9.10. The molecule has 2 aliphatic heterocycles. The highest BCUT2D eigenvalue weighted by atomic mass is 79.9. The lowest BCUT2D eigenvalue weighted by Crippen LogP contribution is -2.35. The van der Waals surface area contributed by atoms with Crippen LogP contribution in [-0.4, -0.2) is 38.2 Å². The van der Waals surface area contributed by atoms with Crippen molar-refractivity contribution in [2.45, 2.75) is 0 Å². The minimum atomic E-state index is -0.424. The van der Waals surface area contributed by atoms with E-state index in [1.165, 1.54) is 5.00 Å². The molecule has 1 aromatic carbocycles. The van der Waals surface area contributed by atoms with Gasteiger partial charge in [-0.05, 0) is 46.3 Å². The Kier molecular flexibility index (Phi) is 4.70. The number of thiophene rings is 1. The number of hydrogen-bond acceptors (Lipinski definition) is 6. The molecular weight excluding hydrogens is 404 g/mol. The molecule has 0 aliphatic carbocycles. The van der Waals surface area contributed by atoms with Crippen LogP contribution >= 0.6 is 27.3 Å². The van der Waals surface area contributed by atoms with Crippen molar-refractivity contribution >= 4 is 50.2 Å². The molecule has 1 aromatic heterocycles. The first-order valence-corrected chi connectivity index (χ1v) is 9.52. The number of esters is 1. The van der Waals surface area contributed by atoms with Crippen molar-refractivity contribution in [3.8, 4) is 0 Å². The second-order valence-electron chi connectivity index (χ2n) is 5.59. The van der Waals surface area contributed by atoms with Gasteiger partial charge in [0.1, 0.15) is 0 Å². The molecule has 0 unspecified atom stereocenters. The number of benzene rings is 1. The van der Waals surface area contributed by atoms with E-state index in [-0.39, 0.29) is 0 Å². The summed E-state index contributed by atoms with van der Waals surface area (Å²) in [5, 5.41) is 1.18. The van der Waals surface area contributed by atoms with Crippen LogP contribution in [0.15, 0.2) is 51.6 Å². The van der Waals surface area contributed by atoms with Gasteiger partial charge >= 0.3 is 5.97 Å². The molecule has 0 amide bonds. The molecule has 7 heteroatoms. The lowest BCUT2D eigenvalue weighted by Gasteiger charge is -2.27. The summed E-state index contributed by atoms with van der Waals surface area (Å²) in [6, 6.07) is 11.6. The monoisotopic (exact) mass is 418 g/mol. The number of morpholine rings is 1. The van der Waals surface area contributed by atoms with E-state index < -0.39 is 5.97 Å². The van der Waals surface area contributed by atoms with Crippen molar-refractivity contribution in [3.63, 3.8) is 0 Å². The molecule has 0 N–H and O–H groups in total. The van der Waals surface area contributed by atoms with Crippen LogP contribution in [0.25, 0.3) is 6.08 Å². The molecule has 0 saturated carbocycles. The summed E-state index contributed by atoms with van der Waals surface area (Å²) in [6.45, 7) is 3.28. The van der Waals surface area contributed by atoms with Gasteiger partial charge in [0.15, 0.2) is 5.70 Å². The van der Waals surface area contributed by atoms with Gasteiger partial charge in [-0.15, -0.1) is 11.3 Å². The lowest BCUT2D eigenvalue weighted by molar-refractivity contribution is -0.129. The summed E-state index contributed by atoms with van der Waals surface area (Å²) in [7, 11) is 0. The number of aliphatic imine (C=N–C) groups is 1. The lowest BCUT2D eigenvalue weighted by atomic mass is 10.2. The molecule has 0 atom stereocenters. The van der Waals surface area contributed by atoms with Crippen molar-refractivity contribution in [1.82, 2.24) is 0 Å².